The molecule has 0 fully saturated rings. The summed E-state index contributed by atoms with van der Waals surface area (Å²) in [6.07, 6.45) is 0. The van der Waals surface area contributed by atoms with Crippen LogP contribution in [0.2, 0.25) is 0 Å². The van der Waals surface area contributed by atoms with Gasteiger partial charge in [0, 0.05) is 12.1 Å². The number of nitrogens with zero attached hydrogens (tertiary/aromatic N) is 2. The predicted molar refractivity (Wildman–Crippen MR) is 70.9 cm³/mol. The Labute approximate surface area is 105 Å². The van der Waals surface area contributed by atoms with Crippen molar-refractivity contribution in [1.29, 1.82) is 0 Å². The van der Waals surface area contributed by atoms with Crippen LogP contribution in [0.1, 0.15) is 10.6 Å². The lowest BCUT2D eigenvalue weighted by atomic mass is 10.2. The quantitative estimate of drug-likeness (QED) is 0.902. The summed E-state index contributed by atoms with van der Waals surface area (Å²) in [6, 6.07) is 10.1. The lowest BCUT2D eigenvalue weighted by Crippen LogP contribution is -2.12. The van der Waals surface area contributed by atoms with E-state index >= 15 is 0 Å². The minimum atomic E-state index is 0.0632. The van der Waals surface area contributed by atoms with E-state index in [1.54, 1.807) is 11.3 Å². The summed E-state index contributed by atoms with van der Waals surface area (Å²) >= 11 is 1.57. The van der Waals surface area contributed by atoms with Crippen molar-refractivity contribution in [1.82, 2.24) is 9.88 Å². The second kappa shape index (κ2) is 5.40. The molecule has 3 nitrogen and oxygen atoms in total. The number of benzene rings is 1. The average molecular weight is 248 g/mol. The maximum absolute atomic E-state index is 9.34. The Morgan fingerprint density at radius 2 is 1.94 bits per heavy atom. The summed E-state index contributed by atoms with van der Waals surface area (Å²) in [5.41, 5.74) is 2.08. The first-order valence-corrected chi connectivity index (χ1v) is 6.32. The van der Waals surface area contributed by atoms with Gasteiger partial charge in [0.15, 0.2) is 0 Å². The van der Waals surface area contributed by atoms with E-state index in [2.05, 4.69) is 9.88 Å². The van der Waals surface area contributed by atoms with Crippen molar-refractivity contribution in [2.24, 2.45) is 0 Å². The topological polar surface area (TPSA) is 36.4 Å². The summed E-state index contributed by atoms with van der Waals surface area (Å²) in [5, 5.41) is 10.3. The molecule has 0 bridgehead atoms. The van der Waals surface area contributed by atoms with Crippen LogP contribution in [0, 0.1) is 0 Å². The zero-order chi connectivity index (χ0) is 12.3. The Morgan fingerprint density at radius 3 is 2.53 bits per heavy atom. The molecule has 0 saturated carbocycles. The molecule has 0 aliphatic rings. The van der Waals surface area contributed by atoms with Gasteiger partial charge in [0.05, 0.1) is 17.2 Å². The number of aliphatic hydroxyl groups excluding tert-OH is 1. The van der Waals surface area contributed by atoms with Gasteiger partial charge in [-0.15, -0.1) is 11.3 Å². The largest absolute Gasteiger partial charge is 0.391 e. The molecule has 1 aromatic heterocycles. The van der Waals surface area contributed by atoms with E-state index in [0.29, 0.717) is 0 Å². The molecule has 90 valence electrons. The van der Waals surface area contributed by atoms with Crippen molar-refractivity contribution < 1.29 is 5.11 Å². The summed E-state index contributed by atoms with van der Waals surface area (Å²) < 4.78 is 0. The maximum atomic E-state index is 9.34. The maximum Gasteiger partial charge on any atom is 0.124 e. The zero-order valence-electron chi connectivity index (χ0n) is 10.1. The van der Waals surface area contributed by atoms with Crippen LogP contribution in [0.4, 0.5) is 0 Å². The van der Waals surface area contributed by atoms with Crippen LogP contribution in [0.3, 0.4) is 0 Å². The lowest BCUT2D eigenvalue weighted by Gasteiger charge is -2.07. The van der Waals surface area contributed by atoms with Gasteiger partial charge < -0.3 is 10.0 Å². The molecule has 0 aliphatic carbocycles. The predicted octanol–water partition coefficient (Wildman–Crippen LogP) is 2.36. The molecule has 1 heterocycles. The third-order valence-corrected chi connectivity index (χ3v) is 3.54. The molecule has 1 aromatic carbocycles. The van der Waals surface area contributed by atoms with Gasteiger partial charge in [-0.05, 0) is 14.1 Å². The van der Waals surface area contributed by atoms with Gasteiger partial charge >= 0.3 is 0 Å². The van der Waals surface area contributed by atoms with Crippen LogP contribution in [0.25, 0.3) is 10.6 Å². The third kappa shape index (κ3) is 2.91. The second-order valence-electron chi connectivity index (χ2n) is 4.15. The molecule has 4 heteroatoms. The Kier molecular flexibility index (Phi) is 3.89. The number of aromatic nitrogens is 1. The van der Waals surface area contributed by atoms with Crippen LogP contribution in [-0.2, 0) is 13.2 Å². The Bertz CT molecular complexity index is 479. The van der Waals surface area contributed by atoms with Crippen LogP contribution in [-0.4, -0.2) is 29.1 Å². The van der Waals surface area contributed by atoms with E-state index < -0.39 is 0 Å². The van der Waals surface area contributed by atoms with E-state index in [-0.39, 0.29) is 6.61 Å². The monoisotopic (exact) mass is 248 g/mol. The highest BCUT2D eigenvalue weighted by molar-refractivity contribution is 7.15. The molecule has 0 spiro atoms. The fourth-order valence-electron chi connectivity index (χ4n) is 1.63. The van der Waals surface area contributed by atoms with Gasteiger partial charge in [-0.25, -0.2) is 4.98 Å². The van der Waals surface area contributed by atoms with E-state index in [4.69, 9.17) is 0 Å². The summed E-state index contributed by atoms with van der Waals surface area (Å²) in [6.45, 7) is 0.826. The molecular formula is C13H16N2OS. The molecule has 0 aliphatic heterocycles. The number of aliphatic hydroxyl groups is 1. The van der Waals surface area contributed by atoms with Gasteiger partial charge in [-0.2, -0.15) is 0 Å². The van der Waals surface area contributed by atoms with Crippen molar-refractivity contribution in [3.8, 4) is 10.6 Å². The van der Waals surface area contributed by atoms with E-state index in [0.717, 1.165) is 27.7 Å². The SMILES string of the molecule is CN(C)Cc1nc(-c2ccccc2)sc1CO. The molecule has 1 N–H and O–H groups in total. The molecule has 17 heavy (non-hydrogen) atoms. The van der Waals surface area contributed by atoms with Crippen LogP contribution in [0.5, 0.6) is 0 Å². The average Bonchev–Trinajstić information content (AvgIpc) is 2.72. The van der Waals surface area contributed by atoms with Crippen LogP contribution < -0.4 is 0 Å². The van der Waals surface area contributed by atoms with Crippen molar-refractivity contribution in [3.63, 3.8) is 0 Å². The highest BCUT2D eigenvalue weighted by atomic mass is 32.1. The molecule has 0 atom stereocenters. The first-order chi connectivity index (χ1) is 8.20. The van der Waals surface area contributed by atoms with Crippen molar-refractivity contribution in [2.45, 2.75) is 13.2 Å². The standard InChI is InChI=1S/C13H16N2OS/c1-15(2)8-11-12(9-16)17-13(14-11)10-6-4-3-5-7-10/h3-7,16H,8-9H2,1-2H3. The van der Waals surface area contributed by atoms with Crippen LogP contribution >= 0.6 is 11.3 Å². The van der Waals surface area contributed by atoms with Gasteiger partial charge in [0.1, 0.15) is 5.01 Å². The lowest BCUT2D eigenvalue weighted by molar-refractivity contribution is 0.281. The highest BCUT2D eigenvalue weighted by Crippen LogP contribution is 2.28. The van der Waals surface area contributed by atoms with Gasteiger partial charge in [-0.3, -0.25) is 0 Å². The summed E-state index contributed by atoms with van der Waals surface area (Å²) in [7, 11) is 4.01. The number of hydrogen-bond donors (Lipinski definition) is 1. The molecule has 2 rings (SSSR count). The van der Waals surface area contributed by atoms with E-state index in [1.165, 1.54) is 0 Å². The second-order valence-corrected chi connectivity index (χ2v) is 5.23. The normalized spacial score (nSPS) is 11.1. The minimum Gasteiger partial charge on any atom is -0.391 e. The Morgan fingerprint density at radius 1 is 1.24 bits per heavy atom. The molecular weight excluding hydrogens is 232 g/mol. The van der Waals surface area contributed by atoms with Crippen molar-refractivity contribution in [3.05, 3.63) is 40.9 Å². The van der Waals surface area contributed by atoms with Crippen LogP contribution in [0.15, 0.2) is 30.3 Å². The molecule has 2 aromatic rings. The van der Waals surface area contributed by atoms with E-state index in [1.807, 2.05) is 44.4 Å². The van der Waals surface area contributed by atoms with Gasteiger partial charge in [0.25, 0.3) is 0 Å². The fourth-order valence-corrected chi connectivity index (χ4v) is 2.57. The fraction of sp³-hybridized carbons (Fsp3) is 0.308. The number of thiazole rings is 1. The van der Waals surface area contributed by atoms with Gasteiger partial charge in [-0.1, -0.05) is 30.3 Å². The van der Waals surface area contributed by atoms with E-state index in [9.17, 15) is 5.11 Å². The third-order valence-electron chi connectivity index (χ3n) is 2.41. The number of rotatable bonds is 4. The van der Waals surface area contributed by atoms with Crippen molar-refractivity contribution >= 4 is 11.3 Å². The molecule has 0 amide bonds. The zero-order valence-corrected chi connectivity index (χ0v) is 10.9. The first kappa shape index (κ1) is 12.2. The Hall–Kier alpha value is -1.23. The van der Waals surface area contributed by atoms with Crippen molar-refractivity contribution in [2.75, 3.05) is 14.1 Å². The molecule has 0 saturated heterocycles. The smallest absolute Gasteiger partial charge is 0.124 e. The Balaban J connectivity index is 2.34. The highest BCUT2D eigenvalue weighted by Gasteiger charge is 2.12. The number of hydrogen-bond acceptors (Lipinski definition) is 4. The summed E-state index contributed by atoms with van der Waals surface area (Å²) in [4.78, 5) is 7.62. The molecule has 0 unspecified atom stereocenters. The first-order valence-electron chi connectivity index (χ1n) is 5.50. The minimum absolute atomic E-state index is 0.0632. The molecule has 0 radical (unpaired) electrons. The summed E-state index contributed by atoms with van der Waals surface area (Å²) in [5.74, 6) is 0. The van der Waals surface area contributed by atoms with Gasteiger partial charge in [0.2, 0.25) is 0 Å².